The van der Waals surface area contributed by atoms with Crippen molar-refractivity contribution in [2.24, 2.45) is 4.99 Å². The Hall–Kier alpha value is -1.58. The number of benzene rings is 1. The number of hydrogen-bond acceptors (Lipinski definition) is 6. The zero-order valence-corrected chi connectivity index (χ0v) is 16.0. The van der Waals surface area contributed by atoms with Gasteiger partial charge in [-0.2, -0.15) is 4.99 Å². The average molecular weight is 396 g/mol. The Bertz CT molecular complexity index is 831. The molecule has 7 nitrogen and oxygen atoms in total. The average Bonchev–Trinajstić information content (AvgIpc) is 3.30. The van der Waals surface area contributed by atoms with Crippen molar-refractivity contribution in [3.63, 3.8) is 0 Å². The summed E-state index contributed by atoms with van der Waals surface area (Å²) in [6.45, 7) is 0.583. The van der Waals surface area contributed by atoms with Crippen LogP contribution >= 0.6 is 11.8 Å². The summed E-state index contributed by atoms with van der Waals surface area (Å²) in [5.41, 5.74) is 0.807. The van der Waals surface area contributed by atoms with Gasteiger partial charge in [0.25, 0.3) is 5.91 Å². The molecule has 0 N–H and O–H groups in total. The summed E-state index contributed by atoms with van der Waals surface area (Å²) < 4.78 is 34.8. The van der Waals surface area contributed by atoms with E-state index in [4.69, 9.17) is 9.47 Å². The number of carbonyl (C=O) groups excluding carboxylic acids is 1. The number of nitrogens with zero attached hydrogens (tertiary/aromatic N) is 2. The highest BCUT2D eigenvalue weighted by molar-refractivity contribution is 8.16. The Labute approximate surface area is 156 Å². The Morgan fingerprint density at radius 1 is 1.31 bits per heavy atom. The lowest BCUT2D eigenvalue weighted by Crippen LogP contribution is -2.38. The lowest BCUT2D eigenvalue weighted by molar-refractivity contribution is -0.126. The van der Waals surface area contributed by atoms with Gasteiger partial charge in [-0.3, -0.25) is 4.79 Å². The third-order valence-corrected chi connectivity index (χ3v) is 8.04. The van der Waals surface area contributed by atoms with Crippen LogP contribution in [0, 0.1) is 0 Å². The first-order valence-electron chi connectivity index (χ1n) is 8.51. The molecule has 0 saturated carbocycles. The Morgan fingerprint density at radius 2 is 2.08 bits per heavy atom. The lowest BCUT2D eigenvalue weighted by atomic mass is 10.2. The van der Waals surface area contributed by atoms with E-state index in [1.807, 2.05) is 29.2 Å². The number of fused-ring (bicyclic) bond motifs is 1. The van der Waals surface area contributed by atoms with Crippen LogP contribution in [0.2, 0.25) is 0 Å². The maximum atomic E-state index is 12.4. The summed E-state index contributed by atoms with van der Waals surface area (Å²) in [5, 5.41) is 0.443. The van der Waals surface area contributed by atoms with Gasteiger partial charge in [-0.05, 0) is 37.1 Å². The van der Waals surface area contributed by atoms with Gasteiger partial charge in [-0.25, -0.2) is 8.42 Å². The summed E-state index contributed by atoms with van der Waals surface area (Å²) in [4.78, 5) is 18.6. The third-order valence-electron chi connectivity index (χ3n) is 4.83. The number of amides is 1. The molecule has 4 rings (SSSR count). The highest BCUT2D eigenvalue weighted by Crippen LogP contribution is 2.41. The fourth-order valence-electron chi connectivity index (χ4n) is 3.55. The van der Waals surface area contributed by atoms with Crippen molar-refractivity contribution in [1.82, 2.24) is 0 Å². The third kappa shape index (κ3) is 3.35. The van der Waals surface area contributed by atoms with E-state index in [1.54, 1.807) is 7.11 Å². The quantitative estimate of drug-likeness (QED) is 0.765. The molecule has 0 radical (unpaired) electrons. The summed E-state index contributed by atoms with van der Waals surface area (Å²) in [7, 11) is -1.49. The molecule has 3 aliphatic heterocycles. The van der Waals surface area contributed by atoms with Gasteiger partial charge in [0.1, 0.15) is 11.9 Å². The second-order valence-electron chi connectivity index (χ2n) is 6.60. The number of rotatable bonds is 3. The van der Waals surface area contributed by atoms with Crippen LogP contribution < -0.4 is 9.64 Å². The molecule has 3 heterocycles. The molecule has 0 unspecified atom stereocenters. The minimum absolute atomic E-state index is 0.0732. The molecule has 3 atom stereocenters. The van der Waals surface area contributed by atoms with Crippen LogP contribution in [-0.4, -0.2) is 62.1 Å². The van der Waals surface area contributed by atoms with Gasteiger partial charge >= 0.3 is 0 Å². The molecule has 26 heavy (non-hydrogen) atoms. The summed E-state index contributed by atoms with van der Waals surface area (Å²) in [5.74, 6) is 0.614. The van der Waals surface area contributed by atoms with Crippen molar-refractivity contribution in [2.45, 2.75) is 30.2 Å². The molecule has 0 aliphatic carbocycles. The molecule has 0 spiro atoms. The summed E-state index contributed by atoms with van der Waals surface area (Å²) in [6, 6.07) is 7.14. The number of methoxy groups -OCH3 is 1. The molecule has 1 aromatic rings. The fraction of sp³-hybridized carbons (Fsp3) is 0.529. The van der Waals surface area contributed by atoms with Crippen LogP contribution in [0.3, 0.4) is 0 Å². The van der Waals surface area contributed by atoms with E-state index < -0.39 is 15.9 Å². The predicted octanol–water partition coefficient (Wildman–Crippen LogP) is 1.48. The van der Waals surface area contributed by atoms with Gasteiger partial charge < -0.3 is 14.4 Å². The highest BCUT2D eigenvalue weighted by Gasteiger charge is 2.49. The molecule has 3 fully saturated rings. The minimum Gasteiger partial charge on any atom is -0.497 e. The zero-order valence-electron chi connectivity index (χ0n) is 14.3. The number of ether oxygens (including phenoxy) is 2. The Kier molecular flexibility index (Phi) is 4.70. The van der Waals surface area contributed by atoms with E-state index in [-0.39, 0.29) is 28.7 Å². The topological polar surface area (TPSA) is 85.3 Å². The van der Waals surface area contributed by atoms with Crippen molar-refractivity contribution in [3.05, 3.63) is 24.3 Å². The first-order valence-corrected chi connectivity index (χ1v) is 11.2. The largest absolute Gasteiger partial charge is 0.497 e. The van der Waals surface area contributed by atoms with E-state index in [9.17, 15) is 13.2 Å². The van der Waals surface area contributed by atoms with Crippen LogP contribution in [0.15, 0.2) is 29.3 Å². The van der Waals surface area contributed by atoms with E-state index in [2.05, 4.69) is 4.99 Å². The molecule has 0 bridgehead atoms. The van der Waals surface area contributed by atoms with Crippen LogP contribution in [0.25, 0.3) is 0 Å². The first-order chi connectivity index (χ1) is 12.5. The van der Waals surface area contributed by atoms with Crippen LogP contribution in [0.5, 0.6) is 5.75 Å². The van der Waals surface area contributed by atoms with Crippen molar-refractivity contribution in [1.29, 1.82) is 0 Å². The second kappa shape index (κ2) is 6.86. The second-order valence-corrected chi connectivity index (χ2v) is 9.96. The maximum absolute atomic E-state index is 12.4. The van der Waals surface area contributed by atoms with Gasteiger partial charge in [0, 0.05) is 17.5 Å². The van der Waals surface area contributed by atoms with Gasteiger partial charge in [-0.1, -0.05) is 11.8 Å². The monoisotopic (exact) mass is 396 g/mol. The standard InChI is InChI=1S/C17H20N2O5S2/c1-23-12-6-4-11(5-7-12)19-13-9-26(21,22)10-15(13)25-17(19)18-16(20)14-3-2-8-24-14/h4-7,13-15H,2-3,8-10H2,1H3/t13-,14+,15+/m1/s1. The lowest BCUT2D eigenvalue weighted by Gasteiger charge is -2.24. The molecule has 3 saturated heterocycles. The normalized spacial score (nSPS) is 31.3. The number of sulfone groups is 1. The molecule has 3 aliphatic rings. The molecule has 0 aromatic heterocycles. The van der Waals surface area contributed by atoms with Gasteiger partial charge in [-0.15, -0.1) is 0 Å². The minimum atomic E-state index is -3.08. The van der Waals surface area contributed by atoms with Crippen molar-refractivity contribution in [2.75, 3.05) is 30.1 Å². The number of aliphatic imine (C=N–C) groups is 1. The van der Waals surface area contributed by atoms with E-state index >= 15 is 0 Å². The summed E-state index contributed by atoms with van der Waals surface area (Å²) >= 11 is 1.37. The molecule has 140 valence electrons. The van der Waals surface area contributed by atoms with Gasteiger partial charge in [0.2, 0.25) is 0 Å². The zero-order chi connectivity index (χ0) is 18.3. The Balaban J connectivity index is 1.67. The summed E-state index contributed by atoms with van der Waals surface area (Å²) in [6.07, 6.45) is 1.06. The number of anilines is 1. The number of amidine groups is 1. The molecular weight excluding hydrogens is 376 g/mol. The maximum Gasteiger partial charge on any atom is 0.277 e. The van der Waals surface area contributed by atoms with Gasteiger partial charge in [0.15, 0.2) is 15.0 Å². The number of carbonyl (C=O) groups is 1. The SMILES string of the molecule is COc1ccc(N2C(=NC(=O)[C@@H]3CCCO3)S[C@H]3CS(=O)(=O)C[C@H]32)cc1. The smallest absolute Gasteiger partial charge is 0.277 e. The Morgan fingerprint density at radius 3 is 2.73 bits per heavy atom. The number of thioether (sulfide) groups is 1. The highest BCUT2D eigenvalue weighted by atomic mass is 32.2. The molecule has 1 amide bonds. The van der Waals surface area contributed by atoms with Crippen molar-refractivity contribution >= 4 is 38.4 Å². The van der Waals surface area contributed by atoms with Crippen molar-refractivity contribution in [3.8, 4) is 5.75 Å². The van der Waals surface area contributed by atoms with E-state index in [0.717, 1.165) is 12.1 Å². The first kappa shape index (κ1) is 17.8. The fourth-order valence-corrected chi connectivity index (χ4v) is 7.47. The van der Waals surface area contributed by atoms with Crippen LogP contribution in [0.4, 0.5) is 5.69 Å². The molecule has 1 aromatic carbocycles. The molecule has 9 heteroatoms. The molecular formula is C17H20N2O5S2. The van der Waals surface area contributed by atoms with Gasteiger partial charge in [0.05, 0.1) is 24.7 Å². The predicted molar refractivity (Wildman–Crippen MR) is 101 cm³/mol. The van der Waals surface area contributed by atoms with E-state index in [1.165, 1.54) is 11.8 Å². The van der Waals surface area contributed by atoms with Crippen LogP contribution in [0.1, 0.15) is 12.8 Å². The van der Waals surface area contributed by atoms with Crippen molar-refractivity contribution < 1.29 is 22.7 Å². The number of hydrogen-bond donors (Lipinski definition) is 0. The van der Waals surface area contributed by atoms with E-state index in [0.29, 0.717) is 23.9 Å². The van der Waals surface area contributed by atoms with Crippen LogP contribution in [-0.2, 0) is 19.4 Å².